The van der Waals surface area contributed by atoms with Gasteiger partial charge in [0.15, 0.2) is 0 Å². The molecule has 0 aromatic heterocycles. The SMILES string of the molecule is COc1ccc(CN)cc1S(=O)(=O)NCC(C)(C)N(C)C. The van der Waals surface area contributed by atoms with Crippen LogP contribution >= 0.6 is 0 Å². The third-order valence-electron chi connectivity index (χ3n) is 3.66. The number of hydrogen-bond acceptors (Lipinski definition) is 5. The van der Waals surface area contributed by atoms with Crippen molar-refractivity contribution in [2.75, 3.05) is 27.7 Å². The number of nitrogens with zero attached hydrogens (tertiary/aromatic N) is 1. The summed E-state index contributed by atoms with van der Waals surface area (Å²) in [5, 5.41) is 0. The van der Waals surface area contributed by atoms with Crippen molar-refractivity contribution >= 4 is 10.0 Å². The van der Waals surface area contributed by atoms with Crippen LogP contribution < -0.4 is 15.2 Å². The van der Waals surface area contributed by atoms with E-state index in [1.807, 2.05) is 32.8 Å². The molecule has 0 saturated heterocycles. The highest BCUT2D eigenvalue weighted by atomic mass is 32.2. The number of methoxy groups -OCH3 is 1. The largest absolute Gasteiger partial charge is 0.495 e. The zero-order chi connectivity index (χ0) is 16.3. The minimum absolute atomic E-state index is 0.113. The molecule has 1 aromatic rings. The first kappa shape index (κ1) is 17.9. The Kier molecular flexibility index (Phi) is 5.75. The lowest BCUT2D eigenvalue weighted by atomic mass is 10.1. The van der Waals surface area contributed by atoms with Gasteiger partial charge in [-0.3, -0.25) is 0 Å². The molecule has 0 aliphatic heterocycles. The predicted octanol–water partition coefficient (Wildman–Crippen LogP) is 0.772. The van der Waals surface area contributed by atoms with Crippen LogP contribution in [0.25, 0.3) is 0 Å². The molecule has 21 heavy (non-hydrogen) atoms. The quantitative estimate of drug-likeness (QED) is 0.776. The van der Waals surface area contributed by atoms with Crippen molar-refractivity contribution in [1.29, 1.82) is 0 Å². The molecule has 0 spiro atoms. The standard InChI is InChI=1S/C14H25N3O3S/c1-14(2,17(3)4)10-16-21(18,19)13-8-11(9-15)6-7-12(13)20-5/h6-8,16H,9-10,15H2,1-5H3. The monoisotopic (exact) mass is 315 g/mol. The fraction of sp³-hybridized carbons (Fsp3) is 0.571. The van der Waals surface area contributed by atoms with Crippen molar-refractivity contribution in [1.82, 2.24) is 9.62 Å². The van der Waals surface area contributed by atoms with Gasteiger partial charge >= 0.3 is 0 Å². The number of benzene rings is 1. The van der Waals surface area contributed by atoms with Gasteiger partial charge < -0.3 is 15.4 Å². The van der Waals surface area contributed by atoms with Gasteiger partial charge in [0, 0.05) is 18.6 Å². The molecule has 0 saturated carbocycles. The van der Waals surface area contributed by atoms with E-state index in [-0.39, 0.29) is 17.0 Å². The Balaban J connectivity index is 3.08. The molecule has 0 fully saturated rings. The van der Waals surface area contributed by atoms with E-state index in [9.17, 15) is 8.42 Å². The van der Waals surface area contributed by atoms with Gasteiger partial charge in [0.25, 0.3) is 0 Å². The number of ether oxygens (including phenoxy) is 1. The van der Waals surface area contributed by atoms with Crippen LogP contribution in [-0.2, 0) is 16.6 Å². The van der Waals surface area contributed by atoms with E-state index in [4.69, 9.17) is 10.5 Å². The number of likely N-dealkylation sites (N-methyl/N-ethyl adjacent to an activating group) is 1. The summed E-state index contributed by atoms with van der Waals surface area (Å²) in [6, 6.07) is 4.92. The van der Waals surface area contributed by atoms with Crippen LogP contribution in [-0.4, -0.2) is 46.6 Å². The summed E-state index contributed by atoms with van der Waals surface area (Å²) >= 11 is 0. The van der Waals surface area contributed by atoms with Crippen LogP contribution in [0.2, 0.25) is 0 Å². The second kappa shape index (κ2) is 6.74. The van der Waals surface area contributed by atoms with Gasteiger partial charge in [0.1, 0.15) is 10.6 Å². The Labute approximate surface area is 127 Å². The van der Waals surface area contributed by atoms with Crippen LogP contribution in [0.15, 0.2) is 23.1 Å². The minimum atomic E-state index is -3.66. The van der Waals surface area contributed by atoms with E-state index in [0.29, 0.717) is 12.3 Å². The molecule has 0 heterocycles. The highest BCUT2D eigenvalue weighted by Crippen LogP contribution is 2.25. The van der Waals surface area contributed by atoms with Crippen LogP contribution in [0.1, 0.15) is 19.4 Å². The van der Waals surface area contributed by atoms with E-state index in [1.54, 1.807) is 18.2 Å². The Morgan fingerprint density at radius 3 is 2.43 bits per heavy atom. The predicted molar refractivity (Wildman–Crippen MR) is 83.8 cm³/mol. The van der Waals surface area contributed by atoms with Gasteiger partial charge in [-0.2, -0.15) is 0 Å². The topological polar surface area (TPSA) is 84.7 Å². The van der Waals surface area contributed by atoms with Gasteiger partial charge in [-0.25, -0.2) is 13.1 Å². The average molecular weight is 315 g/mol. The first-order chi connectivity index (χ1) is 9.64. The second-order valence-electron chi connectivity index (χ2n) is 5.72. The molecule has 0 amide bonds. The first-order valence-corrected chi connectivity index (χ1v) is 8.16. The highest BCUT2D eigenvalue weighted by Gasteiger charge is 2.26. The lowest BCUT2D eigenvalue weighted by Crippen LogP contribution is -2.48. The van der Waals surface area contributed by atoms with Crippen molar-refractivity contribution in [3.05, 3.63) is 23.8 Å². The van der Waals surface area contributed by atoms with Crippen molar-refractivity contribution < 1.29 is 13.2 Å². The molecular formula is C14H25N3O3S. The van der Waals surface area contributed by atoms with E-state index < -0.39 is 10.0 Å². The van der Waals surface area contributed by atoms with E-state index >= 15 is 0 Å². The van der Waals surface area contributed by atoms with Crippen molar-refractivity contribution in [2.24, 2.45) is 5.73 Å². The fourth-order valence-electron chi connectivity index (χ4n) is 1.57. The number of rotatable bonds is 7. The van der Waals surface area contributed by atoms with Gasteiger partial charge in [0.2, 0.25) is 10.0 Å². The molecule has 0 unspecified atom stereocenters. The molecule has 7 heteroatoms. The lowest BCUT2D eigenvalue weighted by molar-refractivity contribution is 0.199. The van der Waals surface area contributed by atoms with Crippen molar-refractivity contribution in [3.8, 4) is 5.75 Å². The Morgan fingerprint density at radius 2 is 1.95 bits per heavy atom. The number of nitrogens with two attached hydrogens (primary N) is 1. The number of sulfonamides is 1. The lowest BCUT2D eigenvalue weighted by Gasteiger charge is -2.32. The summed E-state index contributed by atoms with van der Waals surface area (Å²) in [5.74, 6) is 0.308. The zero-order valence-corrected chi connectivity index (χ0v) is 14.1. The summed E-state index contributed by atoms with van der Waals surface area (Å²) < 4.78 is 32.8. The van der Waals surface area contributed by atoms with Crippen molar-refractivity contribution in [3.63, 3.8) is 0 Å². The molecule has 6 nitrogen and oxygen atoms in total. The maximum absolute atomic E-state index is 12.5. The molecule has 0 atom stereocenters. The number of nitrogens with one attached hydrogen (secondary N) is 1. The van der Waals surface area contributed by atoms with Crippen LogP contribution in [0, 0.1) is 0 Å². The molecule has 0 aliphatic rings. The summed E-state index contributed by atoms with van der Waals surface area (Å²) in [7, 11) is 1.60. The summed E-state index contributed by atoms with van der Waals surface area (Å²) in [5.41, 5.74) is 6.01. The third kappa shape index (κ3) is 4.41. The summed E-state index contributed by atoms with van der Waals surface area (Å²) in [4.78, 5) is 2.07. The van der Waals surface area contributed by atoms with Crippen LogP contribution in [0.4, 0.5) is 0 Å². The van der Waals surface area contributed by atoms with E-state index in [0.717, 1.165) is 5.56 Å². The molecular weight excluding hydrogens is 290 g/mol. The maximum atomic E-state index is 12.5. The normalized spacial score (nSPS) is 12.7. The molecule has 0 bridgehead atoms. The second-order valence-corrected chi connectivity index (χ2v) is 7.46. The van der Waals surface area contributed by atoms with Gasteiger partial charge in [-0.15, -0.1) is 0 Å². The third-order valence-corrected chi connectivity index (χ3v) is 5.08. The molecule has 0 aliphatic carbocycles. The van der Waals surface area contributed by atoms with Gasteiger partial charge in [-0.1, -0.05) is 6.07 Å². The van der Waals surface area contributed by atoms with Crippen LogP contribution in [0.5, 0.6) is 5.75 Å². The number of hydrogen-bond donors (Lipinski definition) is 2. The Hall–Kier alpha value is -1.15. The Morgan fingerprint density at radius 1 is 1.33 bits per heavy atom. The average Bonchev–Trinajstić information content (AvgIpc) is 2.44. The molecule has 3 N–H and O–H groups in total. The van der Waals surface area contributed by atoms with E-state index in [2.05, 4.69) is 4.72 Å². The zero-order valence-electron chi connectivity index (χ0n) is 13.3. The summed E-state index contributed by atoms with van der Waals surface area (Å²) in [6.07, 6.45) is 0. The smallest absolute Gasteiger partial charge is 0.244 e. The highest BCUT2D eigenvalue weighted by molar-refractivity contribution is 7.89. The first-order valence-electron chi connectivity index (χ1n) is 6.68. The van der Waals surface area contributed by atoms with Gasteiger partial charge in [-0.05, 0) is 45.6 Å². The van der Waals surface area contributed by atoms with E-state index in [1.165, 1.54) is 7.11 Å². The molecule has 120 valence electrons. The van der Waals surface area contributed by atoms with Crippen molar-refractivity contribution in [2.45, 2.75) is 30.8 Å². The molecule has 1 rings (SSSR count). The molecule has 0 radical (unpaired) electrons. The maximum Gasteiger partial charge on any atom is 0.244 e. The Bertz CT molecular complexity index is 583. The molecule has 1 aromatic carbocycles. The fourth-order valence-corrected chi connectivity index (χ4v) is 2.99. The minimum Gasteiger partial charge on any atom is -0.495 e. The van der Waals surface area contributed by atoms with Crippen LogP contribution in [0.3, 0.4) is 0 Å². The summed E-state index contributed by atoms with van der Waals surface area (Å²) in [6.45, 7) is 4.49. The van der Waals surface area contributed by atoms with Gasteiger partial charge in [0.05, 0.1) is 7.11 Å².